The summed E-state index contributed by atoms with van der Waals surface area (Å²) in [6, 6.07) is -0.970. The number of anilines is 1. The Labute approximate surface area is 238 Å². The minimum absolute atomic E-state index is 0.0819. The van der Waals surface area contributed by atoms with Gasteiger partial charge in [0.2, 0.25) is 7.44 Å². The van der Waals surface area contributed by atoms with Gasteiger partial charge in [-0.05, 0) is 38.7 Å². The van der Waals surface area contributed by atoms with Gasteiger partial charge in [-0.3, -0.25) is 18.7 Å². The molecule has 1 aromatic rings. The Bertz CT molecular complexity index is 1160. The van der Waals surface area contributed by atoms with Gasteiger partial charge in [-0.15, -0.1) is 6.42 Å². The first-order chi connectivity index (χ1) is 19.3. The van der Waals surface area contributed by atoms with Crippen LogP contribution in [0.4, 0.5) is 5.82 Å². The predicted octanol–water partition coefficient (Wildman–Crippen LogP) is 0.216. The minimum Gasteiger partial charge on any atom is -0.465 e. The fraction of sp³-hybridized carbons (Fsp3) is 0.680. The van der Waals surface area contributed by atoms with Gasteiger partial charge in [0.25, 0.3) is 5.79 Å². The number of nitrogens with zero attached hydrogens (tertiary/aromatic N) is 2. The van der Waals surface area contributed by atoms with Gasteiger partial charge in [0.15, 0.2) is 12.3 Å². The van der Waals surface area contributed by atoms with E-state index in [1.165, 1.54) is 26.1 Å². The van der Waals surface area contributed by atoms with E-state index in [0.29, 0.717) is 12.8 Å². The molecular weight excluding hydrogens is 561 g/mol. The van der Waals surface area contributed by atoms with Crippen molar-refractivity contribution in [3.63, 3.8) is 0 Å². The molecule has 16 heteroatoms. The second kappa shape index (κ2) is 15.4. The smallest absolute Gasteiger partial charge is 0.351 e. The van der Waals surface area contributed by atoms with Crippen molar-refractivity contribution in [3.8, 4) is 12.3 Å². The number of hydrogen-bond acceptors (Lipinski definition) is 12. The third-order valence-corrected chi connectivity index (χ3v) is 8.19. The number of ether oxygens (including phenoxy) is 4. The van der Waals surface area contributed by atoms with Gasteiger partial charge >= 0.3 is 17.6 Å². The first kappa shape index (κ1) is 34.4. The first-order valence-corrected chi connectivity index (χ1v) is 15.2. The topological polar surface area (TPSA) is 214 Å². The van der Waals surface area contributed by atoms with Crippen LogP contribution in [0.15, 0.2) is 17.1 Å². The predicted molar refractivity (Wildman–Crippen MR) is 147 cm³/mol. The largest absolute Gasteiger partial charge is 0.465 e. The molecule has 1 saturated heterocycles. The molecule has 6 N–H and O–H groups in total. The third-order valence-electron chi connectivity index (χ3n) is 6.08. The highest BCUT2D eigenvalue weighted by Crippen LogP contribution is 2.43. The molecule has 1 aliphatic heterocycles. The lowest BCUT2D eigenvalue weighted by Gasteiger charge is -2.31. The highest BCUT2D eigenvalue weighted by molar-refractivity contribution is 7.59. The Hall–Kier alpha value is -2.83. The molecule has 1 aliphatic rings. The second-order valence-corrected chi connectivity index (χ2v) is 11.8. The number of aliphatic hydroxyl groups excluding tert-OH is 2. The molecule has 0 bridgehead atoms. The molecular formula is C25H40N5O10P. The maximum absolute atomic E-state index is 14.0. The summed E-state index contributed by atoms with van der Waals surface area (Å²) in [6.45, 7) is 6.99. The summed E-state index contributed by atoms with van der Waals surface area (Å²) < 4.78 is 36.5. The van der Waals surface area contributed by atoms with Crippen LogP contribution in [0.3, 0.4) is 0 Å². The summed E-state index contributed by atoms with van der Waals surface area (Å²) in [5, 5.41) is 26.7. The number of rotatable bonds is 16. The van der Waals surface area contributed by atoms with Gasteiger partial charge in [-0.25, -0.2) is 15.0 Å². The lowest BCUT2D eigenvalue weighted by atomic mass is 10.1. The highest BCUT2D eigenvalue weighted by atomic mass is 31.2. The number of esters is 2. The van der Waals surface area contributed by atoms with Crippen molar-refractivity contribution < 1.29 is 43.3 Å². The number of unbranched alkanes of at least 4 members (excludes halogenated alkanes) is 2. The van der Waals surface area contributed by atoms with E-state index >= 15 is 0 Å². The molecule has 1 fully saturated rings. The van der Waals surface area contributed by atoms with Gasteiger partial charge in [0.05, 0.1) is 13.2 Å². The molecule has 41 heavy (non-hydrogen) atoms. The Kier molecular flexibility index (Phi) is 12.9. The van der Waals surface area contributed by atoms with E-state index < -0.39 is 67.7 Å². The number of carbonyl (C=O) groups excluding carboxylic acids is 2. The molecule has 0 radical (unpaired) electrons. The molecule has 0 spiro atoms. The number of hydrogen-bond donors (Lipinski definition) is 5. The van der Waals surface area contributed by atoms with Gasteiger partial charge in [0, 0.05) is 6.20 Å². The van der Waals surface area contributed by atoms with E-state index in [4.69, 9.17) is 31.1 Å². The second-order valence-electron chi connectivity index (χ2n) is 9.55. The maximum Gasteiger partial charge on any atom is 0.351 e. The van der Waals surface area contributed by atoms with E-state index in [1.54, 1.807) is 0 Å². The normalized spacial score (nSPS) is 23.9. The molecule has 0 amide bonds. The molecule has 0 aromatic carbocycles. The average molecular weight is 602 g/mol. The van der Waals surface area contributed by atoms with Crippen LogP contribution in [-0.4, -0.2) is 81.3 Å². The van der Waals surface area contributed by atoms with E-state index in [-0.39, 0.29) is 19.0 Å². The maximum atomic E-state index is 14.0. The van der Waals surface area contributed by atoms with E-state index in [0.717, 1.165) is 17.4 Å². The Morgan fingerprint density at radius 2 is 1.73 bits per heavy atom. The summed E-state index contributed by atoms with van der Waals surface area (Å²) in [7, 11) is -4.07. The van der Waals surface area contributed by atoms with E-state index in [9.17, 15) is 29.2 Å². The Morgan fingerprint density at radius 1 is 1.20 bits per heavy atom. The van der Waals surface area contributed by atoms with E-state index in [2.05, 4.69) is 21.1 Å². The molecule has 2 rings (SSSR count). The lowest BCUT2D eigenvalue weighted by Crippen LogP contribution is -2.47. The lowest BCUT2D eigenvalue weighted by molar-refractivity contribution is -0.220. The quantitative estimate of drug-likeness (QED) is 0.0742. The number of aromatic nitrogens is 2. The van der Waals surface area contributed by atoms with Crippen molar-refractivity contribution in [1.29, 1.82) is 0 Å². The van der Waals surface area contributed by atoms with Crippen LogP contribution in [0.5, 0.6) is 0 Å². The zero-order valence-corrected chi connectivity index (χ0v) is 24.5. The first-order valence-electron chi connectivity index (χ1n) is 13.3. The van der Waals surface area contributed by atoms with Gasteiger partial charge in [0.1, 0.15) is 30.4 Å². The Morgan fingerprint density at radius 3 is 2.20 bits per heavy atom. The number of terminal acetylenes is 1. The van der Waals surface area contributed by atoms with Gasteiger partial charge < -0.3 is 34.9 Å². The Balaban J connectivity index is 2.28. The summed E-state index contributed by atoms with van der Waals surface area (Å²) in [6.07, 6.45) is 3.60. The van der Waals surface area contributed by atoms with Crippen LogP contribution in [0.1, 0.15) is 59.6 Å². The van der Waals surface area contributed by atoms with E-state index in [1.807, 2.05) is 13.8 Å². The van der Waals surface area contributed by atoms with Crippen LogP contribution < -0.4 is 21.6 Å². The molecule has 1 aromatic heterocycles. The standard InChI is InChI=1S/C25H40N5O10P/c1-6-9-13-37-22(33)16(4)28-41(36,29-17(5)23(34)38-14-10-7-2)15-39-25(8-3)20(32)19(31)21(40-25)30-12-11-18(26)27-24(30)35/h3,11-12,16-17,19-21,31-32H,6-7,9-10,13-15H2,1-2,4-5H3,(H2,26,27,35)(H2,28,29,36)/t16-,17-,19+,20-,21+,25-/m0/s1. The van der Waals surface area contributed by atoms with Gasteiger partial charge in [-0.1, -0.05) is 26.7 Å². The van der Waals surface area contributed by atoms with Crippen LogP contribution in [0, 0.1) is 12.3 Å². The summed E-state index contributed by atoms with van der Waals surface area (Å²) in [4.78, 5) is 40.8. The summed E-state index contributed by atoms with van der Waals surface area (Å²) >= 11 is 0. The van der Waals surface area contributed by atoms with Crippen molar-refractivity contribution in [2.75, 3.05) is 25.3 Å². The summed E-state index contributed by atoms with van der Waals surface area (Å²) in [5.74, 6) is -1.77. The highest BCUT2D eigenvalue weighted by Gasteiger charge is 2.56. The minimum atomic E-state index is -4.07. The number of nitrogens with one attached hydrogen (secondary N) is 2. The molecule has 230 valence electrons. The number of nitrogen functional groups attached to an aromatic ring is 1. The number of aliphatic hydroxyl groups is 2. The van der Waals surface area contributed by atoms with Crippen LogP contribution in [-0.2, 0) is 33.1 Å². The third kappa shape index (κ3) is 9.08. The fourth-order valence-electron chi connectivity index (χ4n) is 3.73. The monoisotopic (exact) mass is 601 g/mol. The molecule has 15 nitrogen and oxygen atoms in total. The van der Waals surface area contributed by atoms with Crippen LogP contribution in [0.2, 0.25) is 0 Å². The molecule has 2 heterocycles. The fourth-order valence-corrected chi connectivity index (χ4v) is 5.79. The molecule has 6 atom stereocenters. The summed E-state index contributed by atoms with van der Waals surface area (Å²) in [5.41, 5.74) is 4.61. The van der Waals surface area contributed by atoms with Crippen molar-refractivity contribution in [1.82, 2.24) is 19.7 Å². The van der Waals surface area contributed by atoms with Crippen molar-refractivity contribution in [3.05, 3.63) is 22.7 Å². The molecule has 0 aliphatic carbocycles. The van der Waals surface area contributed by atoms with Crippen LogP contribution in [0.25, 0.3) is 0 Å². The number of nitrogens with two attached hydrogens (primary N) is 1. The van der Waals surface area contributed by atoms with Crippen molar-refractivity contribution in [2.24, 2.45) is 0 Å². The average Bonchev–Trinajstić information content (AvgIpc) is 3.17. The zero-order chi connectivity index (χ0) is 30.8. The molecule has 0 saturated carbocycles. The van der Waals surface area contributed by atoms with Crippen LogP contribution >= 0.6 is 7.44 Å². The molecule has 0 unspecified atom stereocenters. The van der Waals surface area contributed by atoms with Gasteiger partial charge in [-0.2, -0.15) is 4.98 Å². The SMILES string of the molecule is C#C[C@]1(OCP(=O)(N[C@@H](C)C(=O)OCCCC)N[C@@H](C)C(=O)OCCCC)O[C@@H](n2ccc(N)nc2=O)[C@H](O)[C@@H]1O. The zero-order valence-electron chi connectivity index (χ0n) is 23.6. The van der Waals surface area contributed by atoms with Crippen molar-refractivity contribution in [2.45, 2.75) is 89.7 Å². The number of carbonyl (C=O) groups is 2. The van der Waals surface area contributed by atoms with Crippen molar-refractivity contribution >= 4 is 25.2 Å².